The summed E-state index contributed by atoms with van der Waals surface area (Å²) in [6.07, 6.45) is 3.35. The number of H-pyrrole nitrogens is 1. The summed E-state index contributed by atoms with van der Waals surface area (Å²) in [5, 5.41) is 13.1. The van der Waals surface area contributed by atoms with Gasteiger partial charge in [0.25, 0.3) is 0 Å². The zero-order valence-electron chi connectivity index (χ0n) is 14.6. The van der Waals surface area contributed by atoms with E-state index in [9.17, 15) is 4.79 Å². The fourth-order valence-corrected chi connectivity index (χ4v) is 2.02. The Morgan fingerprint density at radius 1 is 1.32 bits per heavy atom. The Hall–Kier alpha value is -1.56. The van der Waals surface area contributed by atoms with Gasteiger partial charge in [-0.2, -0.15) is 5.10 Å². The molecule has 6 nitrogen and oxygen atoms in total. The first-order valence-corrected chi connectivity index (χ1v) is 7.88. The fourth-order valence-electron chi connectivity index (χ4n) is 2.02. The predicted octanol–water partition coefficient (Wildman–Crippen LogP) is 2.86. The molecular formula is C16H30N4O2. The maximum absolute atomic E-state index is 11.7. The second-order valence-corrected chi connectivity index (χ2v) is 7.05. The molecule has 1 aromatic rings. The molecule has 2 atom stereocenters. The second kappa shape index (κ2) is 8.17. The number of nitrogens with one attached hydrogen (secondary N) is 3. The normalized spacial score (nSPS) is 14.7. The average molecular weight is 310 g/mol. The molecule has 0 saturated heterocycles. The number of ether oxygens (including phenoxy) is 1. The van der Waals surface area contributed by atoms with Crippen molar-refractivity contribution in [2.45, 2.75) is 53.2 Å². The van der Waals surface area contributed by atoms with E-state index in [0.717, 1.165) is 12.1 Å². The van der Waals surface area contributed by atoms with Gasteiger partial charge in [-0.1, -0.05) is 13.8 Å². The topological polar surface area (TPSA) is 79.0 Å². The van der Waals surface area contributed by atoms with E-state index in [-0.39, 0.29) is 12.1 Å². The number of carbonyl (C=O) groups excluding carboxylic acids is 1. The van der Waals surface area contributed by atoms with Gasteiger partial charge in [-0.25, -0.2) is 4.79 Å². The summed E-state index contributed by atoms with van der Waals surface area (Å²) in [6.45, 7) is 13.4. The largest absolute Gasteiger partial charge is 0.444 e. The number of aromatic nitrogens is 2. The van der Waals surface area contributed by atoms with Crippen molar-refractivity contribution >= 4 is 6.09 Å². The van der Waals surface area contributed by atoms with Crippen LogP contribution in [-0.2, 0) is 4.74 Å². The number of hydrogen-bond donors (Lipinski definition) is 3. The molecule has 1 aromatic heterocycles. The number of nitrogens with zero attached hydrogens (tertiary/aromatic N) is 1. The summed E-state index contributed by atoms with van der Waals surface area (Å²) in [7, 11) is 0. The highest BCUT2D eigenvalue weighted by molar-refractivity contribution is 5.67. The van der Waals surface area contributed by atoms with Gasteiger partial charge in [0, 0.05) is 30.9 Å². The SMILES string of the molecule is CC(NCC(CNC(=O)OC(C)(C)C)C(C)C)c1cn[nH]c1. The van der Waals surface area contributed by atoms with Crippen LogP contribution in [-0.4, -0.2) is 35.0 Å². The van der Waals surface area contributed by atoms with Crippen molar-refractivity contribution in [3.63, 3.8) is 0 Å². The number of alkyl carbamates (subject to hydrolysis) is 1. The molecule has 2 unspecified atom stereocenters. The first-order valence-electron chi connectivity index (χ1n) is 7.88. The zero-order valence-corrected chi connectivity index (χ0v) is 14.6. The molecule has 6 heteroatoms. The van der Waals surface area contributed by atoms with Gasteiger partial charge in [0.1, 0.15) is 5.60 Å². The maximum Gasteiger partial charge on any atom is 0.407 e. The Labute approximate surface area is 133 Å². The number of hydrogen-bond acceptors (Lipinski definition) is 4. The van der Waals surface area contributed by atoms with Gasteiger partial charge >= 0.3 is 6.09 Å². The molecule has 1 heterocycles. The smallest absolute Gasteiger partial charge is 0.407 e. The Bertz CT molecular complexity index is 437. The third kappa shape index (κ3) is 6.93. The van der Waals surface area contributed by atoms with Crippen molar-refractivity contribution in [3.05, 3.63) is 18.0 Å². The first-order chi connectivity index (χ1) is 10.2. The fraction of sp³-hybridized carbons (Fsp3) is 0.750. The van der Waals surface area contributed by atoms with Crippen LogP contribution in [0, 0.1) is 11.8 Å². The lowest BCUT2D eigenvalue weighted by Gasteiger charge is -2.25. The monoisotopic (exact) mass is 310 g/mol. The minimum Gasteiger partial charge on any atom is -0.444 e. The summed E-state index contributed by atoms with van der Waals surface area (Å²) in [5.74, 6) is 0.792. The van der Waals surface area contributed by atoms with Crippen LogP contribution in [0.15, 0.2) is 12.4 Å². The Kier molecular flexibility index (Phi) is 6.87. The summed E-state index contributed by atoms with van der Waals surface area (Å²) in [4.78, 5) is 11.7. The Morgan fingerprint density at radius 3 is 2.50 bits per heavy atom. The van der Waals surface area contributed by atoms with Gasteiger partial charge < -0.3 is 15.4 Å². The lowest BCUT2D eigenvalue weighted by molar-refractivity contribution is 0.0514. The lowest BCUT2D eigenvalue weighted by Crippen LogP contribution is -2.40. The van der Waals surface area contributed by atoms with Crippen LogP contribution in [0.5, 0.6) is 0 Å². The molecule has 0 fully saturated rings. The molecule has 0 saturated carbocycles. The Morgan fingerprint density at radius 2 is 2.00 bits per heavy atom. The standard InChI is InChI=1S/C16H30N4O2/c1-11(2)13(8-18-15(21)22-16(4,5)6)7-17-12(3)14-9-19-20-10-14/h9-13,17H,7-8H2,1-6H3,(H,18,21)(H,19,20). The van der Waals surface area contributed by atoms with Crippen molar-refractivity contribution in [3.8, 4) is 0 Å². The molecule has 0 radical (unpaired) electrons. The molecule has 3 N–H and O–H groups in total. The van der Waals surface area contributed by atoms with E-state index in [1.807, 2.05) is 33.2 Å². The van der Waals surface area contributed by atoms with E-state index >= 15 is 0 Å². The third-order valence-corrected chi connectivity index (χ3v) is 3.56. The maximum atomic E-state index is 11.7. The molecule has 0 aliphatic rings. The minimum absolute atomic E-state index is 0.224. The summed E-state index contributed by atoms with van der Waals surface area (Å²) >= 11 is 0. The van der Waals surface area contributed by atoms with E-state index in [0.29, 0.717) is 18.4 Å². The van der Waals surface area contributed by atoms with Crippen molar-refractivity contribution in [2.75, 3.05) is 13.1 Å². The summed E-state index contributed by atoms with van der Waals surface area (Å²) < 4.78 is 5.27. The highest BCUT2D eigenvalue weighted by Crippen LogP contribution is 2.14. The van der Waals surface area contributed by atoms with Crippen LogP contribution in [0.1, 0.15) is 53.1 Å². The van der Waals surface area contributed by atoms with Crippen LogP contribution >= 0.6 is 0 Å². The van der Waals surface area contributed by atoms with E-state index in [4.69, 9.17) is 4.74 Å². The van der Waals surface area contributed by atoms with Gasteiger partial charge in [0.2, 0.25) is 0 Å². The van der Waals surface area contributed by atoms with Gasteiger partial charge in [-0.15, -0.1) is 0 Å². The van der Waals surface area contributed by atoms with Gasteiger partial charge in [0.05, 0.1) is 6.20 Å². The molecule has 0 aromatic carbocycles. The van der Waals surface area contributed by atoms with Crippen LogP contribution in [0.3, 0.4) is 0 Å². The summed E-state index contributed by atoms with van der Waals surface area (Å²) in [6, 6.07) is 0.224. The van der Waals surface area contributed by atoms with Crippen molar-refractivity contribution < 1.29 is 9.53 Å². The first kappa shape index (κ1) is 18.5. The van der Waals surface area contributed by atoms with E-state index in [1.54, 1.807) is 0 Å². The molecule has 0 spiro atoms. The summed E-state index contributed by atoms with van der Waals surface area (Å²) in [5.41, 5.74) is 0.661. The van der Waals surface area contributed by atoms with Crippen molar-refractivity contribution in [2.24, 2.45) is 11.8 Å². The van der Waals surface area contributed by atoms with Crippen LogP contribution < -0.4 is 10.6 Å². The predicted molar refractivity (Wildman–Crippen MR) is 87.6 cm³/mol. The van der Waals surface area contributed by atoms with E-state index in [1.165, 1.54) is 0 Å². The number of rotatable bonds is 7. The number of aromatic amines is 1. The number of carbonyl (C=O) groups is 1. The highest BCUT2D eigenvalue weighted by Gasteiger charge is 2.19. The third-order valence-electron chi connectivity index (χ3n) is 3.56. The molecule has 22 heavy (non-hydrogen) atoms. The molecule has 126 valence electrons. The second-order valence-electron chi connectivity index (χ2n) is 7.05. The quantitative estimate of drug-likeness (QED) is 0.723. The Balaban J connectivity index is 2.40. The van der Waals surface area contributed by atoms with E-state index in [2.05, 4.69) is 41.6 Å². The lowest BCUT2D eigenvalue weighted by atomic mass is 9.95. The van der Waals surface area contributed by atoms with Gasteiger partial charge in [0.15, 0.2) is 0 Å². The van der Waals surface area contributed by atoms with Crippen molar-refractivity contribution in [1.29, 1.82) is 0 Å². The zero-order chi connectivity index (χ0) is 16.8. The highest BCUT2D eigenvalue weighted by atomic mass is 16.6. The molecule has 0 aliphatic heterocycles. The van der Waals surface area contributed by atoms with Crippen LogP contribution in [0.4, 0.5) is 4.79 Å². The molecule has 1 rings (SSSR count). The van der Waals surface area contributed by atoms with Gasteiger partial charge in [-0.05, 0) is 39.5 Å². The van der Waals surface area contributed by atoms with Crippen molar-refractivity contribution in [1.82, 2.24) is 20.8 Å². The van der Waals surface area contributed by atoms with Crippen LogP contribution in [0.25, 0.3) is 0 Å². The molecule has 1 amide bonds. The van der Waals surface area contributed by atoms with E-state index < -0.39 is 5.60 Å². The van der Waals surface area contributed by atoms with Gasteiger partial charge in [-0.3, -0.25) is 5.10 Å². The molecular weight excluding hydrogens is 280 g/mol. The molecule has 0 bridgehead atoms. The van der Waals surface area contributed by atoms with Crippen LogP contribution in [0.2, 0.25) is 0 Å². The minimum atomic E-state index is -0.467. The number of amides is 1. The average Bonchev–Trinajstić information content (AvgIpc) is 2.89. The molecule has 0 aliphatic carbocycles.